The number of esters is 1. The van der Waals surface area contributed by atoms with Crippen LogP contribution in [0.15, 0.2) is 72.8 Å². The molecule has 0 unspecified atom stereocenters. The molecule has 0 aliphatic rings. The lowest BCUT2D eigenvalue weighted by Gasteiger charge is -2.05. The van der Waals surface area contributed by atoms with Crippen molar-refractivity contribution in [1.82, 2.24) is 0 Å². The number of hydrogen-bond donors (Lipinski definition) is 2. The number of hydrogen-bond acceptors (Lipinski definition) is 8. The molecule has 36 heavy (non-hydrogen) atoms. The van der Waals surface area contributed by atoms with E-state index in [9.17, 15) is 9.59 Å². The fourth-order valence-electron chi connectivity index (χ4n) is 2.44. The molecule has 0 saturated heterocycles. The number of phenols is 1. The van der Waals surface area contributed by atoms with E-state index in [1.807, 2.05) is 24.3 Å². The minimum atomic E-state index is -1.03. The van der Waals surface area contributed by atoms with Gasteiger partial charge in [0.15, 0.2) is 13.6 Å². The van der Waals surface area contributed by atoms with Gasteiger partial charge in [-0.2, -0.15) is 0 Å². The van der Waals surface area contributed by atoms with Gasteiger partial charge in [0.25, 0.3) is 0 Å². The molecule has 0 atom stereocenters. The van der Waals surface area contributed by atoms with E-state index >= 15 is 0 Å². The molecule has 3 rings (SSSR count). The Kier molecular flexibility index (Phi) is 14.8. The third kappa shape index (κ3) is 12.1. The molecule has 3 aromatic carbocycles. The Morgan fingerprint density at radius 3 is 1.83 bits per heavy atom. The minimum Gasteiger partial charge on any atom is -0.508 e. The zero-order valence-corrected chi connectivity index (χ0v) is 20.9. The third-order valence-corrected chi connectivity index (χ3v) is 4.40. The highest BCUT2D eigenvalue weighted by Gasteiger charge is 2.05. The van der Waals surface area contributed by atoms with Gasteiger partial charge in [0.1, 0.15) is 17.2 Å². The molecule has 0 aliphatic carbocycles. The highest BCUT2D eigenvalue weighted by atomic mass is 35.5. The van der Waals surface area contributed by atoms with Crippen LogP contribution >= 0.6 is 11.6 Å². The molecule has 194 valence electrons. The van der Waals surface area contributed by atoms with Crippen molar-refractivity contribution in [3.05, 3.63) is 89.5 Å². The zero-order chi connectivity index (χ0) is 26.8. The van der Waals surface area contributed by atoms with Crippen molar-refractivity contribution in [2.24, 2.45) is 0 Å². The molecular formula is C26H29ClO9. The van der Waals surface area contributed by atoms with Crippen molar-refractivity contribution in [1.29, 1.82) is 0 Å². The van der Waals surface area contributed by atoms with Crippen LogP contribution in [-0.4, -0.2) is 57.1 Å². The van der Waals surface area contributed by atoms with E-state index < -0.39 is 5.97 Å². The van der Waals surface area contributed by atoms with Crippen molar-refractivity contribution in [3.8, 4) is 17.2 Å². The smallest absolute Gasteiger partial charge is 0.337 e. The molecule has 0 spiro atoms. The van der Waals surface area contributed by atoms with Crippen molar-refractivity contribution in [2.45, 2.75) is 5.88 Å². The number of carbonyl (C=O) groups is 2. The first-order chi connectivity index (χ1) is 17.3. The van der Waals surface area contributed by atoms with Crippen molar-refractivity contribution < 1.29 is 43.5 Å². The lowest BCUT2D eigenvalue weighted by Crippen LogP contribution is -2.03. The number of rotatable bonds is 9. The Morgan fingerprint density at radius 2 is 1.33 bits per heavy atom. The highest BCUT2D eigenvalue weighted by Crippen LogP contribution is 2.15. The van der Waals surface area contributed by atoms with Gasteiger partial charge in [-0.05, 0) is 54.1 Å². The fraction of sp³-hybridized carbons (Fsp3) is 0.231. The number of alkyl halides is 1. The van der Waals surface area contributed by atoms with Gasteiger partial charge in [-0.1, -0.05) is 24.3 Å². The van der Waals surface area contributed by atoms with Crippen LogP contribution in [0, 0.1) is 0 Å². The van der Waals surface area contributed by atoms with E-state index in [0.29, 0.717) is 17.2 Å². The Labute approximate surface area is 214 Å². The first-order valence-electron chi connectivity index (χ1n) is 10.4. The van der Waals surface area contributed by atoms with Gasteiger partial charge in [-0.25, -0.2) is 9.59 Å². The molecule has 9 nitrogen and oxygen atoms in total. The molecule has 0 saturated carbocycles. The van der Waals surface area contributed by atoms with Gasteiger partial charge in [0.05, 0.1) is 18.2 Å². The number of ether oxygens (including phenoxy) is 5. The van der Waals surface area contributed by atoms with E-state index in [0.717, 1.165) is 11.3 Å². The van der Waals surface area contributed by atoms with Gasteiger partial charge in [-0.3, -0.25) is 0 Å². The second-order valence-corrected chi connectivity index (χ2v) is 7.02. The molecule has 10 heteroatoms. The summed E-state index contributed by atoms with van der Waals surface area (Å²) in [5.74, 6) is 0.429. The Balaban J connectivity index is 0.000000274. The largest absolute Gasteiger partial charge is 0.508 e. The van der Waals surface area contributed by atoms with Crippen LogP contribution in [0.3, 0.4) is 0 Å². The average molecular weight is 521 g/mol. The van der Waals surface area contributed by atoms with Crippen LogP contribution in [-0.2, 0) is 20.1 Å². The number of methoxy groups -OCH3 is 3. The Bertz CT molecular complexity index is 1070. The summed E-state index contributed by atoms with van der Waals surface area (Å²) in [7, 11) is 4.46. The predicted octanol–water partition coefficient (Wildman–Crippen LogP) is 4.95. The number of halogens is 1. The van der Waals surface area contributed by atoms with Gasteiger partial charge >= 0.3 is 11.9 Å². The van der Waals surface area contributed by atoms with E-state index in [1.54, 1.807) is 31.4 Å². The summed E-state index contributed by atoms with van der Waals surface area (Å²) in [5.41, 5.74) is 1.60. The average Bonchev–Trinajstić information content (AvgIpc) is 2.91. The molecule has 2 N–H and O–H groups in total. The molecule has 0 amide bonds. The minimum absolute atomic E-state index is 0.0279. The second kappa shape index (κ2) is 17.6. The van der Waals surface area contributed by atoms with Gasteiger partial charge in [-0.15, -0.1) is 11.6 Å². The highest BCUT2D eigenvalue weighted by molar-refractivity contribution is 6.17. The maximum atomic E-state index is 11.1. The van der Waals surface area contributed by atoms with Crippen LogP contribution in [0.5, 0.6) is 17.2 Å². The molecule has 0 bridgehead atoms. The van der Waals surface area contributed by atoms with Crippen LogP contribution in [0.1, 0.15) is 26.3 Å². The molecule has 0 fully saturated rings. The van der Waals surface area contributed by atoms with E-state index in [-0.39, 0.29) is 30.9 Å². The number of carboxylic acids is 1. The normalized spacial score (nSPS) is 9.56. The second-order valence-electron chi connectivity index (χ2n) is 6.76. The molecule has 0 heterocycles. The zero-order valence-electron chi connectivity index (χ0n) is 20.2. The van der Waals surface area contributed by atoms with Crippen molar-refractivity contribution >= 4 is 23.5 Å². The summed E-state index contributed by atoms with van der Waals surface area (Å²) >= 11 is 5.65. The first-order valence-corrected chi connectivity index (χ1v) is 11.0. The number of benzene rings is 3. The Morgan fingerprint density at radius 1 is 0.778 bits per heavy atom. The maximum absolute atomic E-state index is 11.1. The molecule has 0 radical (unpaired) electrons. The summed E-state index contributed by atoms with van der Waals surface area (Å²) in [6.07, 6.45) is 0. The van der Waals surface area contributed by atoms with Crippen molar-refractivity contribution in [2.75, 3.05) is 34.9 Å². The van der Waals surface area contributed by atoms with E-state index in [4.69, 9.17) is 40.8 Å². The lowest BCUT2D eigenvalue weighted by atomic mass is 10.2. The number of carbonyl (C=O) groups excluding carboxylic acids is 1. The summed E-state index contributed by atoms with van der Waals surface area (Å²) in [6, 6.07) is 19.9. The summed E-state index contributed by atoms with van der Waals surface area (Å²) in [4.78, 5) is 21.4. The number of aromatic hydroxyl groups is 1. The summed E-state index contributed by atoms with van der Waals surface area (Å²) in [6.45, 7) is 0.427. The van der Waals surface area contributed by atoms with E-state index in [2.05, 4.69) is 4.74 Å². The quantitative estimate of drug-likeness (QED) is 0.229. The third-order valence-electron chi connectivity index (χ3n) is 4.09. The molecule has 0 aliphatic heterocycles. The maximum Gasteiger partial charge on any atom is 0.337 e. The summed E-state index contributed by atoms with van der Waals surface area (Å²) in [5, 5.41) is 17.2. The Hall–Kier alpha value is -3.79. The van der Waals surface area contributed by atoms with Gasteiger partial charge < -0.3 is 33.9 Å². The monoisotopic (exact) mass is 520 g/mol. The molecule has 3 aromatic rings. The predicted molar refractivity (Wildman–Crippen MR) is 134 cm³/mol. The number of phenolic OH excluding ortho intramolecular Hbond substituents is 1. The van der Waals surface area contributed by atoms with Crippen LogP contribution in [0.4, 0.5) is 0 Å². The van der Waals surface area contributed by atoms with Gasteiger partial charge in [0.2, 0.25) is 0 Å². The first kappa shape index (κ1) is 30.2. The number of aromatic carboxylic acids is 1. The standard InChI is InChI=1S/C10H12O4.C9H11ClO2.C7H6O3/c1-12-7-14-9-5-3-4-8(6-9)10(11)13-2;1-11-7-12-9-4-2-3-8(5-9)6-10;8-6-3-1-2-5(4-6)7(9)10/h3-6H,7H2,1-2H3;2-5H,6-7H2,1H3;1-4,8H,(H,9,10). The van der Waals surface area contributed by atoms with E-state index in [1.165, 1.54) is 38.5 Å². The van der Waals surface area contributed by atoms with Gasteiger partial charge in [0, 0.05) is 20.1 Å². The van der Waals surface area contributed by atoms with Crippen LogP contribution in [0.2, 0.25) is 0 Å². The molecular weight excluding hydrogens is 492 g/mol. The van der Waals surface area contributed by atoms with Crippen LogP contribution in [0.25, 0.3) is 0 Å². The summed E-state index contributed by atoms with van der Waals surface area (Å²) < 4.78 is 24.4. The van der Waals surface area contributed by atoms with Crippen LogP contribution < -0.4 is 9.47 Å². The molecule has 0 aromatic heterocycles. The SMILES string of the molecule is COCOc1cccc(C(=O)OC)c1.COCOc1cccc(CCl)c1.O=C(O)c1cccc(O)c1. The lowest BCUT2D eigenvalue weighted by molar-refractivity contribution is 0.0503. The van der Waals surface area contributed by atoms with Crippen molar-refractivity contribution in [3.63, 3.8) is 0 Å². The topological polar surface area (TPSA) is 121 Å². The fourth-order valence-corrected chi connectivity index (χ4v) is 2.61. The number of carboxylic acid groups (broad SMARTS) is 1.